The summed E-state index contributed by atoms with van der Waals surface area (Å²) >= 11 is 12.1. The topological polar surface area (TPSA) is 75.7 Å². The van der Waals surface area contributed by atoms with Crippen molar-refractivity contribution in [3.8, 4) is 5.75 Å². The lowest BCUT2D eigenvalue weighted by Gasteiger charge is -2.29. The normalized spacial score (nSPS) is 12.3. The average molecular weight is 459 g/mol. The Bertz CT molecular complexity index is 996. The molecule has 2 aromatic carbocycles. The number of anilines is 1. The second kappa shape index (κ2) is 9.69. The van der Waals surface area contributed by atoms with E-state index in [4.69, 9.17) is 27.9 Å². The van der Waals surface area contributed by atoms with Crippen molar-refractivity contribution in [1.29, 1.82) is 0 Å². The lowest BCUT2D eigenvalue weighted by atomic mass is 10.1. The predicted molar refractivity (Wildman–Crippen MR) is 118 cm³/mol. The van der Waals surface area contributed by atoms with E-state index >= 15 is 0 Å². The Morgan fingerprint density at radius 3 is 2.52 bits per heavy atom. The zero-order chi connectivity index (χ0) is 21.8. The molecule has 0 radical (unpaired) electrons. The second-order valence-corrected chi connectivity index (χ2v) is 9.44. The van der Waals surface area contributed by atoms with Crippen molar-refractivity contribution < 1.29 is 17.9 Å². The van der Waals surface area contributed by atoms with E-state index in [0.717, 1.165) is 27.4 Å². The lowest BCUT2D eigenvalue weighted by molar-refractivity contribution is -0.121. The largest absolute Gasteiger partial charge is 0.491 e. The summed E-state index contributed by atoms with van der Waals surface area (Å²) in [5, 5.41) is 3.19. The molecule has 0 aliphatic heterocycles. The van der Waals surface area contributed by atoms with Gasteiger partial charge < -0.3 is 10.1 Å². The van der Waals surface area contributed by atoms with Gasteiger partial charge in [0.2, 0.25) is 15.9 Å². The number of carbonyl (C=O) groups is 1. The molecule has 1 N–H and O–H groups in total. The van der Waals surface area contributed by atoms with Gasteiger partial charge in [-0.3, -0.25) is 9.10 Å². The van der Waals surface area contributed by atoms with Crippen LogP contribution in [0.15, 0.2) is 36.4 Å². The third-order valence-electron chi connectivity index (χ3n) is 4.24. The van der Waals surface area contributed by atoms with Crippen LogP contribution in [0.4, 0.5) is 5.69 Å². The maximum absolute atomic E-state index is 12.6. The molecule has 0 aliphatic carbocycles. The Balaban J connectivity index is 2.06. The van der Waals surface area contributed by atoms with Crippen molar-refractivity contribution in [1.82, 2.24) is 5.32 Å². The second-order valence-electron chi connectivity index (χ2n) is 6.74. The van der Waals surface area contributed by atoms with Crippen molar-refractivity contribution in [2.45, 2.75) is 26.8 Å². The van der Waals surface area contributed by atoms with Gasteiger partial charge in [0.25, 0.3) is 0 Å². The maximum Gasteiger partial charge on any atom is 0.243 e. The van der Waals surface area contributed by atoms with E-state index < -0.39 is 22.0 Å². The third kappa shape index (κ3) is 6.26. The van der Waals surface area contributed by atoms with E-state index in [1.165, 1.54) is 19.1 Å². The van der Waals surface area contributed by atoms with Gasteiger partial charge in [-0.2, -0.15) is 0 Å². The molecule has 29 heavy (non-hydrogen) atoms. The van der Waals surface area contributed by atoms with Crippen LogP contribution < -0.4 is 14.4 Å². The van der Waals surface area contributed by atoms with Gasteiger partial charge in [-0.15, -0.1) is 0 Å². The van der Waals surface area contributed by atoms with E-state index in [1.807, 2.05) is 32.0 Å². The molecule has 0 aromatic heterocycles. The number of ether oxygens (including phenoxy) is 1. The van der Waals surface area contributed by atoms with Crippen LogP contribution in [0.1, 0.15) is 18.1 Å². The first-order chi connectivity index (χ1) is 13.5. The number of carbonyl (C=O) groups excluding carboxylic acids is 1. The summed E-state index contributed by atoms with van der Waals surface area (Å²) in [6, 6.07) is 9.30. The van der Waals surface area contributed by atoms with Crippen LogP contribution in [-0.2, 0) is 14.8 Å². The number of hydrogen-bond acceptors (Lipinski definition) is 4. The fourth-order valence-corrected chi connectivity index (χ4v) is 4.39. The summed E-state index contributed by atoms with van der Waals surface area (Å²) in [6.07, 6.45) is 1.01. The first kappa shape index (κ1) is 23.3. The molecule has 158 valence electrons. The lowest BCUT2D eigenvalue weighted by Crippen LogP contribution is -2.48. The minimum absolute atomic E-state index is 0.149. The number of amides is 1. The Morgan fingerprint density at radius 2 is 1.86 bits per heavy atom. The highest BCUT2D eigenvalue weighted by Crippen LogP contribution is 2.32. The number of sulfonamides is 1. The predicted octanol–water partition coefficient (Wildman–Crippen LogP) is 3.96. The molecular weight excluding hydrogens is 435 g/mol. The SMILES string of the molecule is Cc1ccc(C)c(OCCNC(=O)[C@H](C)N(c2cc(Cl)ccc2Cl)S(C)(=O)=O)c1. The van der Waals surface area contributed by atoms with E-state index in [0.29, 0.717) is 5.02 Å². The fraction of sp³-hybridized carbons (Fsp3) is 0.350. The van der Waals surface area contributed by atoms with Gasteiger partial charge in [-0.1, -0.05) is 35.3 Å². The van der Waals surface area contributed by atoms with Gasteiger partial charge in [-0.05, 0) is 56.2 Å². The molecule has 0 bridgehead atoms. The van der Waals surface area contributed by atoms with E-state index in [2.05, 4.69) is 5.32 Å². The van der Waals surface area contributed by atoms with Gasteiger partial charge in [0, 0.05) is 5.02 Å². The van der Waals surface area contributed by atoms with Crippen LogP contribution >= 0.6 is 23.2 Å². The fourth-order valence-electron chi connectivity index (χ4n) is 2.78. The summed E-state index contributed by atoms with van der Waals surface area (Å²) in [5.41, 5.74) is 2.22. The molecule has 2 rings (SSSR count). The quantitative estimate of drug-likeness (QED) is 0.607. The molecule has 2 aromatic rings. The van der Waals surface area contributed by atoms with Crippen LogP contribution in [0.3, 0.4) is 0 Å². The van der Waals surface area contributed by atoms with Gasteiger partial charge in [0.05, 0.1) is 23.5 Å². The molecule has 0 fully saturated rings. The van der Waals surface area contributed by atoms with Gasteiger partial charge in [-0.25, -0.2) is 8.42 Å². The van der Waals surface area contributed by atoms with Crippen molar-refractivity contribution in [2.24, 2.45) is 0 Å². The number of nitrogens with zero attached hydrogens (tertiary/aromatic N) is 1. The van der Waals surface area contributed by atoms with Crippen molar-refractivity contribution in [2.75, 3.05) is 23.7 Å². The summed E-state index contributed by atoms with van der Waals surface area (Å²) in [5.74, 6) is 0.270. The van der Waals surface area contributed by atoms with Crippen LogP contribution in [0.25, 0.3) is 0 Å². The highest BCUT2D eigenvalue weighted by molar-refractivity contribution is 7.92. The number of halogens is 2. The van der Waals surface area contributed by atoms with Gasteiger partial charge in [0.1, 0.15) is 18.4 Å². The molecule has 0 heterocycles. The minimum Gasteiger partial charge on any atom is -0.491 e. The smallest absolute Gasteiger partial charge is 0.243 e. The van der Waals surface area contributed by atoms with Gasteiger partial charge >= 0.3 is 0 Å². The van der Waals surface area contributed by atoms with E-state index in [1.54, 1.807) is 6.07 Å². The molecule has 0 aliphatic rings. The zero-order valence-corrected chi connectivity index (χ0v) is 19.0. The monoisotopic (exact) mass is 458 g/mol. The molecule has 0 unspecified atom stereocenters. The van der Waals surface area contributed by atoms with Crippen LogP contribution in [-0.4, -0.2) is 39.8 Å². The number of rotatable bonds is 8. The Morgan fingerprint density at radius 1 is 1.17 bits per heavy atom. The Hall–Kier alpha value is -1.96. The molecule has 9 heteroatoms. The molecular formula is C20H24Cl2N2O4S. The van der Waals surface area contributed by atoms with Crippen LogP contribution in [0, 0.1) is 13.8 Å². The van der Waals surface area contributed by atoms with Gasteiger partial charge in [0.15, 0.2) is 0 Å². The van der Waals surface area contributed by atoms with Crippen LogP contribution in [0.5, 0.6) is 5.75 Å². The highest BCUT2D eigenvalue weighted by atomic mass is 35.5. The van der Waals surface area contributed by atoms with Crippen molar-refractivity contribution in [3.05, 3.63) is 57.6 Å². The van der Waals surface area contributed by atoms with Crippen molar-refractivity contribution >= 4 is 44.8 Å². The van der Waals surface area contributed by atoms with Crippen molar-refractivity contribution in [3.63, 3.8) is 0 Å². The highest BCUT2D eigenvalue weighted by Gasteiger charge is 2.30. The average Bonchev–Trinajstić information content (AvgIpc) is 2.63. The third-order valence-corrected chi connectivity index (χ3v) is 6.02. The first-order valence-electron chi connectivity index (χ1n) is 8.93. The summed E-state index contributed by atoms with van der Waals surface area (Å²) < 4.78 is 31.4. The zero-order valence-electron chi connectivity index (χ0n) is 16.7. The molecule has 0 saturated carbocycles. The van der Waals surface area contributed by atoms with Crippen LogP contribution in [0.2, 0.25) is 10.0 Å². The Labute approximate surface area is 181 Å². The first-order valence-corrected chi connectivity index (χ1v) is 11.5. The summed E-state index contributed by atoms with van der Waals surface area (Å²) in [6.45, 7) is 5.86. The number of hydrogen-bond donors (Lipinski definition) is 1. The molecule has 6 nitrogen and oxygen atoms in total. The van der Waals surface area contributed by atoms with E-state index in [9.17, 15) is 13.2 Å². The maximum atomic E-state index is 12.6. The molecule has 0 spiro atoms. The number of benzene rings is 2. The standard InChI is InChI=1S/C20H24Cl2N2O4S/c1-13-5-6-14(2)19(11-13)28-10-9-23-20(25)15(3)24(29(4,26)27)18-12-16(21)7-8-17(18)22/h5-8,11-12,15H,9-10H2,1-4H3,(H,23,25)/t15-/m0/s1. The van der Waals surface area contributed by atoms with E-state index in [-0.39, 0.29) is 23.9 Å². The summed E-state index contributed by atoms with van der Waals surface area (Å²) in [7, 11) is -3.79. The number of nitrogens with one attached hydrogen (secondary N) is 1. The molecule has 1 amide bonds. The minimum atomic E-state index is -3.79. The molecule has 1 atom stereocenters. The molecule has 0 saturated heterocycles. The number of aryl methyl sites for hydroxylation is 2. The Kier molecular flexibility index (Phi) is 7.80. The summed E-state index contributed by atoms with van der Waals surface area (Å²) in [4.78, 5) is 12.6.